The number of nitrogens with one attached hydrogen (secondary N) is 2. The van der Waals surface area contributed by atoms with Gasteiger partial charge in [0, 0.05) is 11.3 Å². The third kappa shape index (κ3) is 4.02. The minimum absolute atomic E-state index is 0.105. The highest BCUT2D eigenvalue weighted by atomic mass is 16.7. The van der Waals surface area contributed by atoms with Gasteiger partial charge in [-0.05, 0) is 12.1 Å². The molecule has 0 aromatic heterocycles. The van der Waals surface area contributed by atoms with E-state index in [4.69, 9.17) is 15.2 Å². The second kappa shape index (κ2) is 6.99. The molecule has 1 fully saturated rings. The van der Waals surface area contributed by atoms with Gasteiger partial charge in [0.2, 0.25) is 11.8 Å². The van der Waals surface area contributed by atoms with Crippen molar-refractivity contribution in [1.82, 2.24) is 5.32 Å². The van der Waals surface area contributed by atoms with Gasteiger partial charge in [-0.3, -0.25) is 9.59 Å². The van der Waals surface area contributed by atoms with E-state index in [2.05, 4.69) is 10.6 Å². The molecule has 0 bridgehead atoms. The molecule has 2 rings (SSSR count). The molecule has 0 aliphatic carbocycles. The normalized spacial score (nSPS) is 15.1. The summed E-state index contributed by atoms with van der Waals surface area (Å²) in [6.07, 6.45) is -0.330. The molecule has 1 aromatic rings. The molecule has 7 nitrogen and oxygen atoms in total. The van der Waals surface area contributed by atoms with Crippen LogP contribution in [0, 0.1) is 0 Å². The standard InChI is InChI=1S/C13H17N3O4/c14-7-11(17)15-8-12(18)16-10-3-1-9(2-4-10)13-19-5-6-20-13/h1-4,13H,5-8,14H2,(H,15,17)(H,16,18). The van der Waals surface area contributed by atoms with Crippen LogP contribution in [0.1, 0.15) is 11.9 Å². The lowest BCUT2D eigenvalue weighted by atomic mass is 10.2. The Bertz CT molecular complexity index is 469. The lowest BCUT2D eigenvalue weighted by Gasteiger charge is -2.10. The maximum Gasteiger partial charge on any atom is 0.243 e. The molecule has 1 aromatic carbocycles. The lowest BCUT2D eigenvalue weighted by molar-refractivity contribution is -0.123. The lowest BCUT2D eigenvalue weighted by Crippen LogP contribution is -2.36. The molecule has 0 spiro atoms. The highest BCUT2D eigenvalue weighted by Crippen LogP contribution is 2.24. The zero-order valence-electron chi connectivity index (χ0n) is 10.9. The molecular formula is C13H17N3O4. The van der Waals surface area contributed by atoms with E-state index < -0.39 is 0 Å². The van der Waals surface area contributed by atoms with Crippen LogP contribution < -0.4 is 16.4 Å². The Balaban J connectivity index is 1.83. The monoisotopic (exact) mass is 279 g/mol. The van der Waals surface area contributed by atoms with Crippen LogP contribution in [-0.4, -0.2) is 38.1 Å². The summed E-state index contributed by atoms with van der Waals surface area (Å²) in [7, 11) is 0. The van der Waals surface area contributed by atoms with Crippen molar-refractivity contribution in [2.45, 2.75) is 6.29 Å². The Morgan fingerprint density at radius 3 is 2.40 bits per heavy atom. The molecule has 0 radical (unpaired) electrons. The summed E-state index contributed by atoms with van der Waals surface area (Å²) in [4.78, 5) is 22.5. The Morgan fingerprint density at radius 1 is 1.15 bits per heavy atom. The predicted molar refractivity (Wildman–Crippen MR) is 71.8 cm³/mol. The van der Waals surface area contributed by atoms with Gasteiger partial charge in [0.25, 0.3) is 0 Å². The summed E-state index contributed by atoms with van der Waals surface area (Å²) in [6, 6.07) is 7.15. The zero-order valence-corrected chi connectivity index (χ0v) is 10.9. The average Bonchev–Trinajstić information content (AvgIpc) is 2.99. The SMILES string of the molecule is NCC(=O)NCC(=O)Nc1ccc(C2OCCO2)cc1. The van der Waals surface area contributed by atoms with E-state index in [9.17, 15) is 9.59 Å². The molecule has 1 aliphatic heterocycles. The first kappa shape index (κ1) is 14.4. The van der Waals surface area contributed by atoms with Crippen LogP contribution in [0.2, 0.25) is 0 Å². The number of hydrogen-bond donors (Lipinski definition) is 3. The summed E-state index contributed by atoms with van der Waals surface area (Å²) in [5, 5.41) is 5.06. The second-order valence-corrected chi connectivity index (χ2v) is 4.22. The molecule has 0 atom stereocenters. The van der Waals surface area contributed by atoms with Crippen molar-refractivity contribution in [2.24, 2.45) is 5.73 Å². The van der Waals surface area contributed by atoms with Crippen molar-refractivity contribution < 1.29 is 19.1 Å². The fourth-order valence-corrected chi connectivity index (χ4v) is 1.73. The van der Waals surface area contributed by atoms with Crippen LogP contribution in [0.25, 0.3) is 0 Å². The quantitative estimate of drug-likeness (QED) is 0.689. The molecule has 0 unspecified atom stereocenters. The van der Waals surface area contributed by atoms with Crippen LogP contribution in [0.5, 0.6) is 0 Å². The highest BCUT2D eigenvalue weighted by Gasteiger charge is 2.17. The molecule has 7 heteroatoms. The van der Waals surface area contributed by atoms with Gasteiger partial charge in [-0.15, -0.1) is 0 Å². The summed E-state index contributed by atoms with van der Waals surface area (Å²) in [5.41, 5.74) is 6.66. The van der Waals surface area contributed by atoms with Crippen molar-refractivity contribution >= 4 is 17.5 Å². The summed E-state index contributed by atoms with van der Waals surface area (Å²) in [6.45, 7) is 0.935. The van der Waals surface area contributed by atoms with E-state index in [-0.39, 0.29) is 31.2 Å². The van der Waals surface area contributed by atoms with Gasteiger partial charge in [-0.25, -0.2) is 0 Å². The van der Waals surface area contributed by atoms with Crippen LogP contribution in [-0.2, 0) is 19.1 Å². The van der Waals surface area contributed by atoms with Gasteiger partial charge in [0.15, 0.2) is 6.29 Å². The molecule has 0 saturated carbocycles. The van der Waals surface area contributed by atoms with Gasteiger partial charge < -0.3 is 25.8 Å². The van der Waals surface area contributed by atoms with E-state index in [0.717, 1.165) is 5.56 Å². The minimum atomic E-state index is -0.369. The van der Waals surface area contributed by atoms with Crippen molar-refractivity contribution in [1.29, 1.82) is 0 Å². The first-order chi connectivity index (χ1) is 9.69. The highest BCUT2D eigenvalue weighted by molar-refractivity contribution is 5.94. The predicted octanol–water partition coefficient (Wildman–Crippen LogP) is -0.255. The Labute approximate surface area is 116 Å². The third-order valence-corrected chi connectivity index (χ3v) is 2.72. The maximum absolute atomic E-state index is 11.6. The van der Waals surface area contributed by atoms with Crippen LogP contribution >= 0.6 is 0 Å². The smallest absolute Gasteiger partial charge is 0.243 e. The largest absolute Gasteiger partial charge is 0.346 e. The van der Waals surface area contributed by atoms with Crippen molar-refractivity contribution in [3.05, 3.63) is 29.8 Å². The van der Waals surface area contributed by atoms with E-state index in [1.54, 1.807) is 12.1 Å². The fraction of sp³-hybridized carbons (Fsp3) is 0.385. The number of ether oxygens (including phenoxy) is 2. The van der Waals surface area contributed by atoms with E-state index in [1.165, 1.54) is 0 Å². The Hall–Kier alpha value is -1.96. The number of carbonyl (C=O) groups is 2. The first-order valence-corrected chi connectivity index (χ1v) is 6.29. The van der Waals surface area contributed by atoms with Gasteiger partial charge in [0.05, 0.1) is 26.3 Å². The van der Waals surface area contributed by atoms with Crippen LogP contribution in [0.4, 0.5) is 5.69 Å². The number of amides is 2. The Kier molecular flexibility index (Phi) is 5.05. The molecule has 2 amide bonds. The number of benzene rings is 1. The number of anilines is 1. The van der Waals surface area contributed by atoms with Crippen LogP contribution in [0.3, 0.4) is 0 Å². The summed E-state index contributed by atoms with van der Waals surface area (Å²) in [5.74, 6) is -0.682. The number of hydrogen-bond acceptors (Lipinski definition) is 5. The minimum Gasteiger partial charge on any atom is -0.346 e. The van der Waals surface area contributed by atoms with E-state index >= 15 is 0 Å². The van der Waals surface area contributed by atoms with E-state index in [0.29, 0.717) is 18.9 Å². The van der Waals surface area contributed by atoms with Gasteiger partial charge >= 0.3 is 0 Å². The molecule has 20 heavy (non-hydrogen) atoms. The molecule has 1 aliphatic rings. The molecule has 108 valence electrons. The third-order valence-electron chi connectivity index (χ3n) is 2.72. The van der Waals surface area contributed by atoms with Gasteiger partial charge in [-0.1, -0.05) is 12.1 Å². The number of nitrogens with two attached hydrogens (primary N) is 1. The maximum atomic E-state index is 11.6. The van der Waals surface area contributed by atoms with Crippen molar-refractivity contribution in [3.63, 3.8) is 0 Å². The topological polar surface area (TPSA) is 103 Å². The van der Waals surface area contributed by atoms with Crippen LogP contribution in [0.15, 0.2) is 24.3 Å². The Morgan fingerprint density at radius 2 is 1.80 bits per heavy atom. The zero-order chi connectivity index (χ0) is 14.4. The van der Waals surface area contributed by atoms with Crippen molar-refractivity contribution in [3.8, 4) is 0 Å². The average molecular weight is 279 g/mol. The number of carbonyl (C=O) groups excluding carboxylic acids is 2. The molecular weight excluding hydrogens is 262 g/mol. The van der Waals surface area contributed by atoms with Gasteiger partial charge in [0.1, 0.15) is 0 Å². The second-order valence-electron chi connectivity index (χ2n) is 4.22. The molecule has 1 saturated heterocycles. The number of rotatable bonds is 5. The fourth-order valence-electron chi connectivity index (χ4n) is 1.73. The first-order valence-electron chi connectivity index (χ1n) is 6.29. The van der Waals surface area contributed by atoms with Crippen molar-refractivity contribution in [2.75, 3.05) is 31.6 Å². The molecule has 1 heterocycles. The summed E-state index contributed by atoms with van der Waals surface area (Å²) >= 11 is 0. The molecule has 4 N–H and O–H groups in total. The van der Waals surface area contributed by atoms with Gasteiger partial charge in [-0.2, -0.15) is 0 Å². The summed E-state index contributed by atoms with van der Waals surface area (Å²) < 4.78 is 10.7. The van der Waals surface area contributed by atoms with E-state index in [1.807, 2.05) is 12.1 Å².